The molecule has 0 unspecified atom stereocenters. The van der Waals surface area contributed by atoms with Gasteiger partial charge in [0, 0.05) is 50.7 Å². The minimum Gasteiger partial charge on any atom is -0.342 e. The highest BCUT2D eigenvalue weighted by Crippen LogP contribution is 2.22. The van der Waals surface area contributed by atoms with Crippen molar-refractivity contribution in [2.24, 2.45) is 0 Å². The van der Waals surface area contributed by atoms with Gasteiger partial charge in [0.05, 0.1) is 4.90 Å². The van der Waals surface area contributed by atoms with E-state index in [1.165, 1.54) is 17.2 Å². The summed E-state index contributed by atoms with van der Waals surface area (Å²) in [5, 5.41) is 0. The topological polar surface area (TPSA) is 74.8 Å². The summed E-state index contributed by atoms with van der Waals surface area (Å²) >= 11 is 0. The molecule has 172 valence electrons. The van der Waals surface area contributed by atoms with Crippen LogP contribution < -0.4 is 0 Å². The van der Waals surface area contributed by atoms with Crippen LogP contribution in [0.1, 0.15) is 36.1 Å². The monoisotopic (exact) mass is 476 g/mol. The number of rotatable bonds is 1. The Morgan fingerprint density at radius 1 is 0.719 bits per heavy atom. The van der Waals surface area contributed by atoms with Crippen LogP contribution in [0.3, 0.4) is 0 Å². The molecule has 0 bridgehead atoms. The van der Waals surface area contributed by atoms with Crippen molar-refractivity contribution in [2.75, 3.05) is 26.2 Å². The van der Waals surface area contributed by atoms with Gasteiger partial charge in [-0.15, -0.1) is 0 Å². The van der Waals surface area contributed by atoms with Crippen LogP contribution in [0.5, 0.6) is 0 Å². The first-order chi connectivity index (χ1) is 15.1. The second-order valence-electron chi connectivity index (χ2n) is 8.15. The summed E-state index contributed by atoms with van der Waals surface area (Å²) in [6.45, 7) is 6.22. The maximum Gasteiger partial charge on any atom is 0.261 e. The van der Waals surface area contributed by atoms with Crippen LogP contribution in [0.4, 0.5) is 0 Å². The van der Waals surface area contributed by atoms with E-state index >= 15 is 0 Å². The lowest BCUT2D eigenvalue weighted by Gasteiger charge is -2.17. The molecule has 0 atom stereocenters. The zero-order valence-corrected chi connectivity index (χ0v) is 20.1. The molecule has 32 heavy (non-hydrogen) atoms. The van der Waals surface area contributed by atoms with Crippen LogP contribution in [0.2, 0.25) is 0 Å². The highest BCUT2D eigenvalue weighted by atomic mass is 35.7. The van der Waals surface area contributed by atoms with Crippen molar-refractivity contribution >= 4 is 31.5 Å². The molecule has 2 aliphatic rings. The summed E-state index contributed by atoms with van der Waals surface area (Å²) in [7, 11) is 1.64. The van der Waals surface area contributed by atoms with E-state index in [1.807, 2.05) is 4.90 Å². The van der Waals surface area contributed by atoms with Crippen molar-refractivity contribution in [3.63, 3.8) is 0 Å². The Morgan fingerprint density at radius 3 is 1.53 bits per heavy atom. The first kappa shape index (κ1) is 24.3. The van der Waals surface area contributed by atoms with Gasteiger partial charge >= 0.3 is 0 Å². The van der Waals surface area contributed by atoms with Crippen LogP contribution in [0, 0.1) is 0 Å². The molecule has 0 spiro atoms. The van der Waals surface area contributed by atoms with E-state index < -0.39 is 9.05 Å². The zero-order chi connectivity index (χ0) is 23.3. The Kier molecular flexibility index (Phi) is 7.96. The number of fused-ring (bicyclic) bond motifs is 2. The molecule has 2 aromatic rings. The van der Waals surface area contributed by atoms with E-state index in [4.69, 9.17) is 10.7 Å². The van der Waals surface area contributed by atoms with E-state index in [-0.39, 0.29) is 16.7 Å². The van der Waals surface area contributed by atoms with Crippen LogP contribution in [0.25, 0.3) is 0 Å². The molecule has 0 saturated heterocycles. The van der Waals surface area contributed by atoms with Crippen molar-refractivity contribution in [1.29, 1.82) is 0 Å². The van der Waals surface area contributed by atoms with E-state index in [0.717, 1.165) is 43.5 Å². The van der Waals surface area contributed by atoms with Crippen molar-refractivity contribution in [2.45, 2.75) is 44.4 Å². The predicted octanol–water partition coefficient (Wildman–Crippen LogP) is 3.19. The molecule has 0 aromatic heterocycles. The van der Waals surface area contributed by atoms with Gasteiger partial charge in [-0.3, -0.25) is 9.59 Å². The number of nitrogens with zero attached hydrogens (tertiary/aromatic N) is 2. The van der Waals surface area contributed by atoms with Crippen molar-refractivity contribution in [3.8, 4) is 0 Å². The normalized spacial score (nSPS) is 16.0. The second kappa shape index (κ2) is 10.5. The van der Waals surface area contributed by atoms with Gasteiger partial charge in [-0.25, -0.2) is 8.42 Å². The first-order valence-corrected chi connectivity index (χ1v) is 13.1. The molecule has 0 N–H and O–H groups in total. The molecule has 4 rings (SSSR count). The number of hydrogen-bond donors (Lipinski definition) is 0. The highest BCUT2D eigenvalue weighted by molar-refractivity contribution is 8.13. The van der Waals surface area contributed by atoms with E-state index in [2.05, 4.69) is 24.3 Å². The van der Waals surface area contributed by atoms with Crippen molar-refractivity contribution in [1.82, 2.24) is 9.80 Å². The van der Waals surface area contributed by atoms with Gasteiger partial charge in [0.15, 0.2) is 0 Å². The second-order valence-corrected chi connectivity index (χ2v) is 10.7. The fourth-order valence-corrected chi connectivity index (χ4v) is 4.95. The van der Waals surface area contributed by atoms with E-state index in [0.29, 0.717) is 19.5 Å². The first-order valence-electron chi connectivity index (χ1n) is 10.8. The molecular weight excluding hydrogens is 448 g/mol. The SMILES string of the molecule is CC(=O)N1CCc2ccc(S(=O)(=O)Cl)cc2CC1.CC(=O)N1CCc2ccccc2CC1. The molecule has 0 aliphatic carbocycles. The molecule has 0 radical (unpaired) electrons. The Bertz CT molecular complexity index is 1070. The third kappa shape index (κ3) is 6.33. The summed E-state index contributed by atoms with van der Waals surface area (Å²) in [6.07, 6.45) is 3.40. The van der Waals surface area contributed by atoms with Gasteiger partial charge in [-0.2, -0.15) is 0 Å². The lowest BCUT2D eigenvalue weighted by Crippen LogP contribution is -2.30. The lowest BCUT2D eigenvalue weighted by atomic mass is 10.0. The Labute approximate surface area is 194 Å². The quantitative estimate of drug-likeness (QED) is 0.592. The van der Waals surface area contributed by atoms with Crippen molar-refractivity contribution in [3.05, 3.63) is 64.7 Å². The average molecular weight is 477 g/mol. The number of carbonyl (C=O) groups excluding carboxylic acids is 2. The summed E-state index contributed by atoms with van der Waals surface area (Å²) in [6, 6.07) is 13.4. The Balaban J connectivity index is 0.000000186. The third-order valence-electron chi connectivity index (χ3n) is 6.07. The maximum absolute atomic E-state index is 11.3. The van der Waals surface area contributed by atoms with E-state index in [1.54, 1.807) is 30.9 Å². The summed E-state index contributed by atoms with van der Waals surface area (Å²) in [4.78, 5) is 26.4. The molecule has 2 aromatic carbocycles. The molecule has 2 aliphatic heterocycles. The number of halogens is 1. The minimum atomic E-state index is -3.69. The summed E-state index contributed by atoms with van der Waals surface area (Å²) in [5.41, 5.74) is 4.84. The molecule has 0 fully saturated rings. The van der Waals surface area contributed by atoms with Gasteiger partial charge in [-0.05, 0) is 60.1 Å². The third-order valence-corrected chi connectivity index (χ3v) is 7.42. The molecule has 2 amide bonds. The van der Waals surface area contributed by atoms with Crippen LogP contribution in [0.15, 0.2) is 47.4 Å². The standard InChI is InChI=1S/C12H14ClNO3S.C12H15NO/c1-9(15)14-6-4-10-2-3-12(18(13,16)17)8-11(10)5-7-14;1-10(14)13-8-6-11-4-2-3-5-12(11)7-9-13/h2-3,8H,4-7H2,1H3;2-5H,6-9H2,1H3. The summed E-state index contributed by atoms with van der Waals surface area (Å²) < 4.78 is 22.6. The number of benzene rings is 2. The minimum absolute atomic E-state index is 0.0491. The van der Waals surface area contributed by atoms with Gasteiger partial charge < -0.3 is 9.80 Å². The van der Waals surface area contributed by atoms with Crippen LogP contribution >= 0.6 is 10.7 Å². The maximum atomic E-state index is 11.3. The van der Waals surface area contributed by atoms with Gasteiger partial charge in [-0.1, -0.05) is 30.3 Å². The number of amides is 2. The fourth-order valence-electron chi connectivity index (χ4n) is 4.15. The number of hydrogen-bond acceptors (Lipinski definition) is 4. The smallest absolute Gasteiger partial charge is 0.261 e. The van der Waals surface area contributed by atoms with Gasteiger partial charge in [0.1, 0.15) is 0 Å². The Hall–Kier alpha value is -2.38. The summed E-state index contributed by atoms with van der Waals surface area (Å²) in [5.74, 6) is 0.241. The molecule has 2 heterocycles. The largest absolute Gasteiger partial charge is 0.342 e. The highest BCUT2D eigenvalue weighted by Gasteiger charge is 2.18. The number of carbonyl (C=O) groups is 2. The van der Waals surface area contributed by atoms with Crippen LogP contribution in [-0.4, -0.2) is 56.2 Å². The molecular formula is C24H29ClN2O4S. The average Bonchev–Trinajstić information content (AvgIpc) is 3.09. The predicted molar refractivity (Wildman–Crippen MR) is 125 cm³/mol. The van der Waals surface area contributed by atoms with Gasteiger partial charge in [0.25, 0.3) is 9.05 Å². The van der Waals surface area contributed by atoms with Gasteiger partial charge in [0.2, 0.25) is 11.8 Å². The Morgan fingerprint density at radius 2 is 1.12 bits per heavy atom. The fraction of sp³-hybridized carbons (Fsp3) is 0.417. The lowest BCUT2D eigenvalue weighted by molar-refractivity contribution is -0.129. The van der Waals surface area contributed by atoms with Crippen LogP contribution in [-0.2, 0) is 44.3 Å². The molecule has 8 heteroatoms. The molecule has 0 saturated carbocycles. The zero-order valence-electron chi connectivity index (χ0n) is 18.5. The van der Waals surface area contributed by atoms with E-state index in [9.17, 15) is 18.0 Å². The molecule has 6 nitrogen and oxygen atoms in total. The van der Waals surface area contributed by atoms with Crippen molar-refractivity contribution < 1.29 is 18.0 Å².